The van der Waals surface area contributed by atoms with Crippen molar-refractivity contribution in [3.63, 3.8) is 0 Å². The van der Waals surface area contributed by atoms with Gasteiger partial charge in [0, 0.05) is 30.4 Å². The average Bonchev–Trinajstić information content (AvgIpc) is 3.17. The summed E-state index contributed by atoms with van der Waals surface area (Å²) in [7, 11) is 1.67. The van der Waals surface area contributed by atoms with Crippen molar-refractivity contribution < 1.29 is 9.84 Å². The first kappa shape index (κ1) is 16.1. The number of aliphatic hydroxyl groups excluding tert-OH is 1. The highest BCUT2D eigenvalue weighted by molar-refractivity contribution is 5.86. The van der Waals surface area contributed by atoms with Gasteiger partial charge in [-0.2, -0.15) is 0 Å². The first-order valence-electron chi connectivity index (χ1n) is 8.88. The van der Waals surface area contributed by atoms with Crippen LogP contribution in [0.1, 0.15) is 31.7 Å². The van der Waals surface area contributed by atoms with E-state index in [-0.39, 0.29) is 6.61 Å². The lowest BCUT2D eigenvalue weighted by atomic mass is 9.86. The molecule has 1 aliphatic rings. The number of aliphatic hydroxyl groups is 1. The molecule has 3 aromatic rings. The van der Waals surface area contributed by atoms with E-state index >= 15 is 0 Å². The molecule has 1 fully saturated rings. The number of hydrogen-bond acceptors (Lipinski definition) is 4. The Morgan fingerprint density at radius 1 is 1.24 bits per heavy atom. The van der Waals surface area contributed by atoms with Crippen molar-refractivity contribution >= 4 is 10.9 Å². The predicted molar refractivity (Wildman–Crippen MR) is 97.6 cm³/mol. The van der Waals surface area contributed by atoms with Crippen LogP contribution in [-0.2, 0) is 0 Å². The van der Waals surface area contributed by atoms with Crippen molar-refractivity contribution in [1.29, 1.82) is 0 Å². The summed E-state index contributed by atoms with van der Waals surface area (Å²) in [5.41, 5.74) is 1.71. The number of rotatable bonds is 4. The summed E-state index contributed by atoms with van der Waals surface area (Å²) in [6.07, 6.45) is 8.25. The van der Waals surface area contributed by atoms with Crippen LogP contribution in [0.15, 0.2) is 42.7 Å². The van der Waals surface area contributed by atoms with Crippen molar-refractivity contribution in [3.05, 3.63) is 42.7 Å². The molecule has 2 atom stereocenters. The van der Waals surface area contributed by atoms with Gasteiger partial charge in [0.25, 0.3) is 0 Å². The highest BCUT2D eigenvalue weighted by Crippen LogP contribution is 2.35. The van der Waals surface area contributed by atoms with Crippen LogP contribution >= 0.6 is 0 Å². The fraction of sp³-hybridized carbons (Fsp3) is 0.400. The third-order valence-electron chi connectivity index (χ3n) is 5.21. The molecular weight excluding hydrogens is 314 g/mol. The molecule has 130 valence electrons. The number of para-hydroxylation sites is 1. The van der Waals surface area contributed by atoms with Gasteiger partial charge in [-0.15, -0.1) is 0 Å². The number of nitrogens with zero attached hydrogens (tertiary/aromatic N) is 3. The molecule has 25 heavy (non-hydrogen) atoms. The van der Waals surface area contributed by atoms with Crippen LogP contribution in [-0.4, -0.2) is 33.4 Å². The van der Waals surface area contributed by atoms with Crippen molar-refractivity contribution in [2.24, 2.45) is 5.92 Å². The Labute approximate surface area is 147 Å². The van der Waals surface area contributed by atoms with Crippen LogP contribution < -0.4 is 4.74 Å². The normalized spacial score (nSPS) is 20.7. The van der Waals surface area contributed by atoms with Gasteiger partial charge in [0.15, 0.2) is 5.82 Å². The maximum absolute atomic E-state index is 9.52. The second-order valence-electron chi connectivity index (χ2n) is 6.76. The summed E-state index contributed by atoms with van der Waals surface area (Å²) < 4.78 is 7.69. The van der Waals surface area contributed by atoms with Gasteiger partial charge in [-0.25, -0.2) is 9.97 Å². The number of ether oxygens (including phenoxy) is 1. The molecule has 0 amide bonds. The number of fused-ring (bicyclic) bond motifs is 1. The quantitative estimate of drug-likeness (QED) is 0.786. The van der Waals surface area contributed by atoms with Gasteiger partial charge in [-0.05, 0) is 37.3 Å². The number of pyridine rings is 1. The molecule has 0 bridgehead atoms. The predicted octanol–water partition coefficient (Wildman–Crippen LogP) is 3.83. The molecule has 1 aliphatic carbocycles. The van der Waals surface area contributed by atoms with E-state index in [0.717, 1.165) is 53.9 Å². The second-order valence-corrected chi connectivity index (χ2v) is 6.76. The van der Waals surface area contributed by atoms with Crippen LogP contribution in [0.3, 0.4) is 0 Å². The van der Waals surface area contributed by atoms with Crippen LogP contribution in [0.5, 0.6) is 5.75 Å². The standard InChI is InChI=1S/C20H23N3O2/c1-25-18-7-3-5-15-8-9-17(22-19(15)18)20-21-10-11-23(20)16-6-2-4-14(12-16)13-24/h3,5,7-11,14,16,24H,2,4,6,12-13H2,1H3/t14-,16-/m1/s1. The Kier molecular flexibility index (Phi) is 4.40. The van der Waals surface area contributed by atoms with Crippen molar-refractivity contribution in [3.8, 4) is 17.3 Å². The maximum atomic E-state index is 9.52. The molecule has 5 heteroatoms. The lowest BCUT2D eigenvalue weighted by Gasteiger charge is -2.29. The van der Waals surface area contributed by atoms with E-state index in [0.29, 0.717) is 12.0 Å². The Morgan fingerprint density at radius 2 is 2.16 bits per heavy atom. The lowest BCUT2D eigenvalue weighted by Crippen LogP contribution is -2.21. The minimum absolute atomic E-state index is 0.270. The van der Waals surface area contributed by atoms with Gasteiger partial charge in [-0.1, -0.05) is 24.6 Å². The van der Waals surface area contributed by atoms with Crippen molar-refractivity contribution in [1.82, 2.24) is 14.5 Å². The van der Waals surface area contributed by atoms with Gasteiger partial charge >= 0.3 is 0 Å². The topological polar surface area (TPSA) is 60.2 Å². The van der Waals surface area contributed by atoms with Gasteiger partial charge in [0.05, 0.1) is 7.11 Å². The van der Waals surface area contributed by atoms with Crippen molar-refractivity contribution in [2.45, 2.75) is 31.7 Å². The average molecular weight is 337 g/mol. The largest absolute Gasteiger partial charge is 0.494 e. The summed E-state index contributed by atoms with van der Waals surface area (Å²) in [4.78, 5) is 9.40. The minimum Gasteiger partial charge on any atom is -0.494 e. The summed E-state index contributed by atoms with van der Waals surface area (Å²) in [5, 5.41) is 10.6. The van der Waals surface area contributed by atoms with E-state index in [2.05, 4.69) is 15.6 Å². The number of benzene rings is 1. The first-order chi connectivity index (χ1) is 12.3. The second kappa shape index (κ2) is 6.84. The monoisotopic (exact) mass is 337 g/mol. The highest BCUT2D eigenvalue weighted by Gasteiger charge is 2.24. The van der Waals surface area contributed by atoms with Gasteiger partial charge in [0.2, 0.25) is 0 Å². The smallest absolute Gasteiger partial charge is 0.158 e. The zero-order valence-electron chi connectivity index (χ0n) is 14.4. The molecular formula is C20H23N3O2. The van der Waals surface area contributed by atoms with Crippen LogP contribution in [0.25, 0.3) is 22.4 Å². The van der Waals surface area contributed by atoms with Gasteiger partial charge in [-0.3, -0.25) is 0 Å². The minimum atomic E-state index is 0.270. The summed E-state index contributed by atoms with van der Waals surface area (Å²) >= 11 is 0. The molecule has 0 saturated heterocycles. The number of imidazole rings is 1. The van der Waals surface area contributed by atoms with E-state index in [9.17, 15) is 5.11 Å². The molecule has 0 radical (unpaired) electrons. The number of methoxy groups -OCH3 is 1. The number of hydrogen-bond donors (Lipinski definition) is 1. The van der Waals surface area contributed by atoms with E-state index in [1.54, 1.807) is 7.11 Å². The lowest BCUT2D eigenvalue weighted by molar-refractivity contribution is 0.163. The molecule has 0 unspecified atom stereocenters. The van der Waals surface area contributed by atoms with Gasteiger partial charge in [0.1, 0.15) is 17.0 Å². The molecule has 5 nitrogen and oxygen atoms in total. The Morgan fingerprint density at radius 3 is 3.00 bits per heavy atom. The Balaban J connectivity index is 1.74. The number of aromatic nitrogens is 3. The SMILES string of the molecule is COc1cccc2ccc(-c3nccn3[C@@H]3CCC[C@@H](CO)C3)nc12. The molecule has 4 rings (SSSR count). The Hall–Kier alpha value is -2.40. The van der Waals surface area contributed by atoms with Crippen molar-refractivity contribution in [2.75, 3.05) is 13.7 Å². The maximum Gasteiger partial charge on any atom is 0.158 e. The highest BCUT2D eigenvalue weighted by atomic mass is 16.5. The zero-order chi connectivity index (χ0) is 17.2. The fourth-order valence-corrected chi connectivity index (χ4v) is 3.90. The molecule has 1 saturated carbocycles. The molecule has 0 spiro atoms. The third-order valence-corrected chi connectivity index (χ3v) is 5.21. The molecule has 2 aromatic heterocycles. The fourth-order valence-electron chi connectivity index (χ4n) is 3.90. The first-order valence-corrected chi connectivity index (χ1v) is 8.88. The van der Waals surface area contributed by atoms with Gasteiger partial charge < -0.3 is 14.4 Å². The van der Waals surface area contributed by atoms with E-state index in [4.69, 9.17) is 9.72 Å². The third kappa shape index (κ3) is 3.00. The molecule has 0 aliphatic heterocycles. The van der Waals surface area contributed by atoms with E-state index in [1.165, 1.54) is 0 Å². The summed E-state index contributed by atoms with van der Waals surface area (Å²) in [6.45, 7) is 0.270. The molecule has 1 aromatic carbocycles. The Bertz CT molecular complexity index is 874. The van der Waals surface area contributed by atoms with Crippen LogP contribution in [0.2, 0.25) is 0 Å². The zero-order valence-corrected chi connectivity index (χ0v) is 14.4. The van der Waals surface area contributed by atoms with E-state index < -0.39 is 0 Å². The summed E-state index contributed by atoms with van der Waals surface area (Å²) in [6, 6.07) is 10.4. The van der Waals surface area contributed by atoms with E-state index in [1.807, 2.05) is 36.7 Å². The molecule has 2 heterocycles. The van der Waals surface area contributed by atoms with Crippen LogP contribution in [0.4, 0.5) is 0 Å². The van der Waals surface area contributed by atoms with Crippen LogP contribution in [0, 0.1) is 5.92 Å². The summed E-state index contributed by atoms with van der Waals surface area (Å²) in [5.74, 6) is 2.05. The molecule has 1 N–H and O–H groups in total.